The standard InChI is InChI=1S/C10H10BrN3/c11-5-2-1-4-9-8-13-14-7-3-6-12-10(9)14/h1,3-4,6-8H,2,5H2. The van der Waals surface area contributed by atoms with Gasteiger partial charge in [0.25, 0.3) is 0 Å². The molecule has 0 fully saturated rings. The minimum Gasteiger partial charge on any atom is -0.236 e. The minimum absolute atomic E-state index is 0.901. The van der Waals surface area contributed by atoms with Gasteiger partial charge in [0.1, 0.15) is 0 Å². The molecule has 0 unspecified atom stereocenters. The molecule has 0 saturated heterocycles. The van der Waals surface area contributed by atoms with E-state index in [0.29, 0.717) is 0 Å². The van der Waals surface area contributed by atoms with E-state index in [2.05, 4.69) is 38.2 Å². The predicted octanol–water partition coefficient (Wildman–Crippen LogP) is 2.53. The first-order valence-electron chi connectivity index (χ1n) is 4.42. The summed E-state index contributed by atoms with van der Waals surface area (Å²) in [6, 6.07) is 1.87. The maximum absolute atomic E-state index is 4.26. The Kier molecular flexibility index (Phi) is 2.93. The third-order valence-electron chi connectivity index (χ3n) is 1.88. The zero-order chi connectivity index (χ0) is 9.80. The zero-order valence-corrected chi connectivity index (χ0v) is 9.18. The molecular weight excluding hydrogens is 242 g/mol. The summed E-state index contributed by atoms with van der Waals surface area (Å²) >= 11 is 3.38. The van der Waals surface area contributed by atoms with Gasteiger partial charge in [0, 0.05) is 23.3 Å². The number of rotatable bonds is 3. The van der Waals surface area contributed by atoms with Crippen LogP contribution in [0.3, 0.4) is 0 Å². The van der Waals surface area contributed by atoms with Crippen LogP contribution in [0.15, 0.2) is 30.7 Å². The summed E-state index contributed by atoms with van der Waals surface area (Å²) in [6.07, 6.45) is 10.7. The Morgan fingerprint density at radius 1 is 1.50 bits per heavy atom. The van der Waals surface area contributed by atoms with Crippen LogP contribution in [0.5, 0.6) is 0 Å². The van der Waals surface area contributed by atoms with Crippen molar-refractivity contribution in [2.24, 2.45) is 0 Å². The molecule has 14 heavy (non-hydrogen) atoms. The van der Waals surface area contributed by atoms with Gasteiger partial charge >= 0.3 is 0 Å². The fourth-order valence-electron chi connectivity index (χ4n) is 1.24. The zero-order valence-electron chi connectivity index (χ0n) is 7.60. The molecule has 4 heteroatoms. The molecular formula is C10H10BrN3. The summed E-state index contributed by atoms with van der Waals surface area (Å²) in [4.78, 5) is 4.26. The Morgan fingerprint density at radius 2 is 2.43 bits per heavy atom. The summed E-state index contributed by atoms with van der Waals surface area (Å²) in [5.74, 6) is 0. The molecule has 2 heterocycles. The van der Waals surface area contributed by atoms with E-state index in [1.807, 2.05) is 18.5 Å². The van der Waals surface area contributed by atoms with Gasteiger partial charge < -0.3 is 0 Å². The topological polar surface area (TPSA) is 30.2 Å². The van der Waals surface area contributed by atoms with Gasteiger partial charge in [0.2, 0.25) is 0 Å². The summed E-state index contributed by atoms with van der Waals surface area (Å²) in [7, 11) is 0. The number of allylic oxidation sites excluding steroid dienone is 1. The molecule has 2 aromatic heterocycles. The van der Waals surface area contributed by atoms with Crippen molar-refractivity contribution >= 4 is 27.7 Å². The number of halogens is 1. The first-order chi connectivity index (χ1) is 6.92. The van der Waals surface area contributed by atoms with Gasteiger partial charge in [0.05, 0.1) is 6.20 Å². The first-order valence-corrected chi connectivity index (χ1v) is 5.55. The summed E-state index contributed by atoms with van der Waals surface area (Å²) in [6.45, 7) is 0. The molecule has 2 rings (SSSR count). The largest absolute Gasteiger partial charge is 0.236 e. The molecule has 0 saturated carbocycles. The van der Waals surface area contributed by atoms with E-state index in [-0.39, 0.29) is 0 Å². The Morgan fingerprint density at radius 3 is 3.29 bits per heavy atom. The third kappa shape index (κ3) is 1.85. The average Bonchev–Trinajstić information content (AvgIpc) is 2.63. The molecule has 0 aromatic carbocycles. The van der Waals surface area contributed by atoms with Gasteiger partial charge in [-0.25, -0.2) is 9.50 Å². The summed E-state index contributed by atoms with van der Waals surface area (Å²) in [5, 5.41) is 5.17. The van der Waals surface area contributed by atoms with E-state index in [4.69, 9.17) is 0 Å². The monoisotopic (exact) mass is 251 g/mol. The number of hydrogen-bond donors (Lipinski definition) is 0. The lowest BCUT2D eigenvalue weighted by atomic mass is 10.3. The Hall–Kier alpha value is -1.16. The number of fused-ring (bicyclic) bond motifs is 1. The van der Waals surface area contributed by atoms with Crippen molar-refractivity contribution in [3.63, 3.8) is 0 Å². The van der Waals surface area contributed by atoms with Crippen LogP contribution in [-0.2, 0) is 0 Å². The van der Waals surface area contributed by atoms with Gasteiger partial charge in [0.15, 0.2) is 5.65 Å². The molecule has 2 aromatic rings. The normalized spacial score (nSPS) is 11.5. The second-order valence-electron chi connectivity index (χ2n) is 2.87. The van der Waals surface area contributed by atoms with Crippen molar-refractivity contribution in [1.82, 2.24) is 14.6 Å². The maximum atomic E-state index is 4.26. The Balaban J connectivity index is 2.34. The van der Waals surface area contributed by atoms with Crippen LogP contribution in [-0.4, -0.2) is 19.9 Å². The van der Waals surface area contributed by atoms with Gasteiger partial charge in [-0.2, -0.15) is 5.10 Å². The van der Waals surface area contributed by atoms with Gasteiger partial charge in [-0.1, -0.05) is 28.1 Å². The third-order valence-corrected chi connectivity index (χ3v) is 2.34. The molecule has 0 radical (unpaired) electrons. The molecule has 0 N–H and O–H groups in total. The maximum Gasteiger partial charge on any atom is 0.162 e. The Bertz CT molecular complexity index is 447. The van der Waals surface area contributed by atoms with E-state index in [1.54, 1.807) is 10.7 Å². The van der Waals surface area contributed by atoms with E-state index < -0.39 is 0 Å². The molecule has 72 valence electrons. The lowest BCUT2D eigenvalue weighted by Gasteiger charge is -1.90. The van der Waals surface area contributed by atoms with Crippen molar-refractivity contribution in [3.05, 3.63) is 36.3 Å². The number of aromatic nitrogens is 3. The van der Waals surface area contributed by atoms with Crippen LogP contribution in [0.2, 0.25) is 0 Å². The van der Waals surface area contributed by atoms with Crippen LogP contribution in [0.1, 0.15) is 12.0 Å². The molecule has 0 aliphatic rings. The molecule has 0 atom stereocenters. The van der Waals surface area contributed by atoms with Crippen molar-refractivity contribution in [3.8, 4) is 0 Å². The molecule has 0 aliphatic heterocycles. The molecule has 0 amide bonds. The molecule has 3 nitrogen and oxygen atoms in total. The highest BCUT2D eigenvalue weighted by Gasteiger charge is 1.99. The van der Waals surface area contributed by atoms with E-state index in [9.17, 15) is 0 Å². The lowest BCUT2D eigenvalue weighted by molar-refractivity contribution is 0.939. The molecule has 0 spiro atoms. The second kappa shape index (κ2) is 4.37. The fraction of sp³-hybridized carbons (Fsp3) is 0.200. The second-order valence-corrected chi connectivity index (χ2v) is 3.66. The smallest absolute Gasteiger partial charge is 0.162 e. The van der Waals surface area contributed by atoms with Crippen molar-refractivity contribution < 1.29 is 0 Å². The highest BCUT2D eigenvalue weighted by Crippen LogP contribution is 2.09. The SMILES string of the molecule is BrCCC=Cc1cnn2cccnc12. The van der Waals surface area contributed by atoms with Crippen molar-refractivity contribution in [2.75, 3.05) is 5.33 Å². The van der Waals surface area contributed by atoms with Gasteiger partial charge in [-0.3, -0.25) is 0 Å². The average molecular weight is 252 g/mol. The number of hydrogen-bond acceptors (Lipinski definition) is 2. The number of alkyl halides is 1. The quantitative estimate of drug-likeness (QED) is 0.786. The van der Waals surface area contributed by atoms with Crippen LogP contribution in [0.25, 0.3) is 11.7 Å². The van der Waals surface area contributed by atoms with Gasteiger partial charge in [-0.15, -0.1) is 0 Å². The van der Waals surface area contributed by atoms with Crippen molar-refractivity contribution in [1.29, 1.82) is 0 Å². The van der Waals surface area contributed by atoms with Crippen molar-refractivity contribution in [2.45, 2.75) is 6.42 Å². The summed E-state index contributed by atoms with van der Waals surface area (Å²) < 4.78 is 1.77. The highest BCUT2D eigenvalue weighted by molar-refractivity contribution is 9.09. The van der Waals surface area contributed by atoms with E-state index >= 15 is 0 Å². The van der Waals surface area contributed by atoms with Gasteiger partial charge in [-0.05, 0) is 12.5 Å². The fourth-order valence-corrected chi connectivity index (χ4v) is 1.50. The number of nitrogens with zero attached hydrogens (tertiary/aromatic N) is 3. The van der Waals surface area contributed by atoms with E-state index in [0.717, 1.165) is 23.0 Å². The predicted molar refractivity (Wildman–Crippen MR) is 60.4 cm³/mol. The molecule has 0 bridgehead atoms. The van der Waals surface area contributed by atoms with E-state index in [1.165, 1.54) is 0 Å². The lowest BCUT2D eigenvalue weighted by Crippen LogP contribution is -1.86. The summed E-state index contributed by atoms with van der Waals surface area (Å²) in [5.41, 5.74) is 1.96. The Labute approximate surface area is 90.6 Å². The first kappa shape index (κ1) is 9.40. The minimum atomic E-state index is 0.901. The van der Waals surface area contributed by atoms with Crippen LogP contribution >= 0.6 is 15.9 Å². The van der Waals surface area contributed by atoms with Crippen LogP contribution < -0.4 is 0 Å². The van der Waals surface area contributed by atoms with Crippen LogP contribution in [0, 0.1) is 0 Å². The highest BCUT2D eigenvalue weighted by atomic mass is 79.9. The van der Waals surface area contributed by atoms with Crippen LogP contribution in [0.4, 0.5) is 0 Å². The molecule has 0 aliphatic carbocycles.